The number of benzene rings is 1. The number of aryl methyl sites for hydroxylation is 1. The summed E-state index contributed by atoms with van der Waals surface area (Å²) in [5.41, 5.74) is 1.01. The highest BCUT2D eigenvalue weighted by Crippen LogP contribution is 2.35. The van der Waals surface area contributed by atoms with Crippen molar-refractivity contribution in [3.05, 3.63) is 51.7 Å². The van der Waals surface area contributed by atoms with Crippen LogP contribution in [0.1, 0.15) is 41.3 Å². The number of hydrogen-bond acceptors (Lipinski definition) is 4. The highest BCUT2D eigenvalue weighted by Gasteiger charge is 2.35. The van der Waals surface area contributed by atoms with E-state index in [4.69, 9.17) is 4.74 Å². The number of thiazole rings is 1. The van der Waals surface area contributed by atoms with Crippen LogP contribution in [0, 0.1) is 12.7 Å². The molecule has 23 heavy (non-hydrogen) atoms. The SMILES string of the molecule is Cc1ncc([C@H](C)NCC2(c3cccc(F)c3)CCOCC2)s1. The maximum Gasteiger partial charge on any atom is 0.123 e. The molecule has 1 aliphatic rings. The van der Waals surface area contributed by atoms with Crippen molar-refractivity contribution >= 4 is 11.3 Å². The van der Waals surface area contributed by atoms with Crippen LogP contribution in [-0.2, 0) is 10.2 Å². The topological polar surface area (TPSA) is 34.2 Å². The third kappa shape index (κ3) is 3.79. The molecule has 1 fully saturated rings. The Morgan fingerprint density at radius 1 is 1.39 bits per heavy atom. The molecule has 0 spiro atoms. The number of hydrogen-bond donors (Lipinski definition) is 1. The summed E-state index contributed by atoms with van der Waals surface area (Å²) in [5, 5.41) is 4.72. The molecule has 3 nitrogen and oxygen atoms in total. The third-order valence-electron chi connectivity index (χ3n) is 4.70. The molecule has 124 valence electrons. The Morgan fingerprint density at radius 3 is 2.83 bits per heavy atom. The van der Waals surface area contributed by atoms with E-state index in [-0.39, 0.29) is 17.3 Å². The summed E-state index contributed by atoms with van der Waals surface area (Å²) in [4.78, 5) is 5.57. The van der Waals surface area contributed by atoms with E-state index in [1.165, 1.54) is 10.9 Å². The molecule has 2 aromatic rings. The van der Waals surface area contributed by atoms with Gasteiger partial charge in [-0.2, -0.15) is 0 Å². The van der Waals surface area contributed by atoms with Crippen molar-refractivity contribution < 1.29 is 9.13 Å². The van der Waals surface area contributed by atoms with Gasteiger partial charge in [0.15, 0.2) is 0 Å². The molecular formula is C18H23FN2OS. The van der Waals surface area contributed by atoms with Gasteiger partial charge in [-0.1, -0.05) is 12.1 Å². The van der Waals surface area contributed by atoms with Gasteiger partial charge in [0.1, 0.15) is 5.82 Å². The first kappa shape index (κ1) is 16.6. The first-order valence-electron chi connectivity index (χ1n) is 8.09. The van der Waals surface area contributed by atoms with Crippen LogP contribution in [0.4, 0.5) is 4.39 Å². The summed E-state index contributed by atoms with van der Waals surface area (Å²) in [7, 11) is 0. The fourth-order valence-corrected chi connectivity index (χ4v) is 3.99. The maximum absolute atomic E-state index is 13.7. The van der Waals surface area contributed by atoms with E-state index in [2.05, 4.69) is 17.2 Å². The zero-order valence-corrected chi connectivity index (χ0v) is 14.5. The molecule has 0 unspecified atom stereocenters. The Hall–Kier alpha value is -1.30. The van der Waals surface area contributed by atoms with Crippen LogP contribution < -0.4 is 5.32 Å². The number of rotatable bonds is 5. The third-order valence-corrected chi connectivity index (χ3v) is 5.79. The van der Waals surface area contributed by atoms with Gasteiger partial charge in [0, 0.05) is 42.3 Å². The molecular weight excluding hydrogens is 311 g/mol. The first-order chi connectivity index (χ1) is 11.1. The molecule has 5 heteroatoms. The lowest BCUT2D eigenvalue weighted by Gasteiger charge is -2.38. The lowest BCUT2D eigenvalue weighted by Crippen LogP contribution is -2.43. The van der Waals surface area contributed by atoms with Crippen molar-refractivity contribution in [1.29, 1.82) is 0 Å². The van der Waals surface area contributed by atoms with Crippen molar-refractivity contribution in [3.63, 3.8) is 0 Å². The summed E-state index contributed by atoms with van der Waals surface area (Å²) in [6.45, 7) is 6.45. The van der Waals surface area contributed by atoms with Crippen LogP contribution in [0.5, 0.6) is 0 Å². The average Bonchev–Trinajstić information content (AvgIpc) is 3.00. The van der Waals surface area contributed by atoms with Gasteiger partial charge < -0.3 is 10.1 Å². The molecule has 0 saturated carbocycles. The number of halogens is 1. The van der Waals surface area contributed by atoms with Crippen LogP contribution >= 0.6 is 11.3 Å². The minimum Gasteiger partial charge on any atom is -0.381 e. The fraction of sp³-hybridized carbons (Fsp3) is 0.500. The summed E-state index contributed by atoms with van der Waals surface area (Å²) in [6.07, 6.45) is 3.77. The Bertz CT molecular complexity index is 652. The Labute approximate surface area is 140 Å². The molecule has 1 atom stereocenters. The van der Waals surface area contributed by atoms with Crippen LogP contribution in [0.15, 0.2) is 30.5 Å². The van der Waals surface area contributed by atoms with Crippen molar-refractivity contribution in [2.24, 2.45) is 0 Å². The fourth-order valence-electron chi connectivity index (χ4n) is 3.18. The number of aromatic nitrogens is 1. The van der Waals surface area contributed by atoms with E-state index in [1.807, 2.05) is 19.2 Å². The monoisotopic (exact) mass is 334 g/mol. The standard InChI is InChI=1S/C18H23FN2OS/c1-13(17-11-20-14(2)23-17)21-12-18(6-8-22-9-7-18)15-4-3-5-16(19)10-15/h3-5,10-11,13,21H,6-9,12H2,1-2H3/t13-/m0/s1. The van der Waals surface area contributed by atoms with Crippen molar-refractivity contribution in [2.45, 2.75) is 38.1 Å². The molecule has 1 aliphatic heterocycles. The van der Waals surface area contributed by atoms with E-state index in [0.717, 1.165) is 43.2 Å². The maximum atomic E-state index is 13.7. The van der Waals surface area contributed by atoms with Crippen LogP contribution in [0.25, 0.3) is 0 Å². The van der Waals surface area contributed by atoms with Crippen LogP contribution in [0.2, 0.25) is 0 Å². The summed E-state index contributed by atoms with van der Waals surface area (Å²) in [5.74, 6) is -0.167. The molecule has 1 saturated heterocycles. The molecule has 1 N–H and O–H groups in total. The van der Waals surface area contributed by atoms with E-state index < -0.39 is 0 Å². The second-order valence-corrected chi connectivity index (χ2v) is 7.55. The van der Waals surface area contributed by atoms with Gasteiger partial charge in [0.05, 0.1) is 5.01 Å². The van der Waals surface area contributed by atoms with Crippen molar-refractivity contribution in [3.8, 4) is 0 Å². The Balaban J connectivity index is 1.77. The lowest BCUT2D eigenvalue weighted by molar-refractivity contribution is 0.0489. The number of ether oxygens (including phenoxy) is 1. The second-order valence-electron chi connectivity index (χ2n) is 6.29. The van der Waals surface area contributed by atoms with Gasteiger partial charge in [-0.3, -0.25) is 0 Å². The molecule has 1 aromatic carbocycles. The van der Waals surface area contributed by atoms with E-state index in [1.54, 1.807) is 23.5 Å². The van der Waals surface area contributed by atoms with Crippen molar-refractivity contribution in [1.82, 2.24) is 10.3 Å². The van der Waals surface area contributed by atoms with Gasteiger partial charge in [-0.05, 0) is 44.4 Å². The molecule has 0 aliphatic carbocycles. The predicted octanol–water partition coefficient (Wildman–Crippen LogP) is 3.99. The first-order valence-corrected chi connectivity index (χ1v) is 8.90. The zero-order chi connectivity index (χ0) is 16.3. The van der Waals surface area contributed by atoms with Gasteiger partial charge in [-0.25, -0.2) is 9.37 Å². The molecule has 0 bridgehead atoms. The molecule has 1 aromatic heterocycles. The summed E-state index contributed by atoms with van der Waals surface area (Å²) in [6, 6.07) is 7.27. The van der Waals surface area contributed by atoms with Gasteiger partial charge in [0.25, 0.3) is 0 Å². The largest absolute Gasteiger partial charge is 0.381 e. The lowest BCUT2D eigenvalue weighted by atomic mass is 9.74. The number of nitrogens with one attached hydrogen (secondary N) is 1. The predicted molar refractivity (Wildman–Crippen MR) is 91.4 cm³/mol. The molecule has 3 rings (SSSR count). The van der Waals surface area contributed by atoms with E-state index in [0.29, 0.717) is 0 Å². The Kier molecular flexibility index (Phi) is 5.09. The normalized spacial score (nSPS) is 18.7. The summed E-state index contributed by atoms with van der Waals surface area (Å²) >= 11 is 1.72. The minimum absolute atomic E-state index is 0.0612. The smallest absolute Gasteiger partial charge is 0.123 e. The van der Waals surface area contributed by atoms with Gasteiger partial charge >= 0.3 is 0 Å². The number of nitrogens with zero attached hydrogens (tertiary/aromatic N) is 1. The van der Waals surface area contributed by atoms with Gasteiger partial charge in [0.2, 0.25) is 0 Å². The van der Waals surface area contributed by atoms with E-state index in [9.17, 15) is 4.39 Å². The highest BCUT2D eigenvalue weighted by atomic mass is 32.1. The summed E-state index contributed by atoms with van der Waals surface area (Å²) < 4.78 is 19.2. The quantitative estimate of drug-likeness (QED) is 0.898. The minimum atomic E-state index is -0.167. The Morgan fingerprint density at radius 2 is 2.17 bits per heavy atom. The van der Waals surface area contributed by atoms with Gasteiger partial charge in [-0.15, -0.1) is 11.3 Å². The molecule has 0 amide bonds. The van der Waals surface area contributed by atoms with Crippen LogP contribution in [0.3, 0.4) is 0 Å². The highest BCUT2D eigenvalue weighted by molar-refractivity contribution is 7.11. The van der Waals surface area contributed by atoms with E-state index >= 15 is 0 Å². The zero-order valence-electron chi connectivity index (χ0n) is 13.6. The molecule has 2 heterocycles. The van der Waals surface area contributed by atoms with Crippen LogP contribution in [-0.4, -0.2) is 24.7 Å². The molecule has 0 radical (unpaired) electrons. The average molecular weight is 334 g/mol. The van der Waals surface area contributed by atoms with Crippen molar-refractivity contribution in [2.75, 3.05) is 19.8 Å². The second kappa shape index (κ2) is 7.07.